The van der Waals surface area contributed by atoms with Gasteiger partial charge in [-0.3, -0.25) is 9.69 Å². The number of carboxylic acids is 1. The van der Waals surface area contributed by atoms with Gasteiger partial charge in [-0.05, 0) is 44.7 Å². The van der Waals surface area contributed by atoms with Crippen molar-refractivity contribution < 1.29 is 9.90 Å². The monoisotopic (exact) mass is 253 g/mol. The van der Waals surface area contributed by atoms with Crippen molar-refractivity contribution in [3.05, 3.63) is 0 Å². The lowest BCUT2D eigenvalue weighted by Gasteiger charge is -2.37. The number of hydrogen-bond acceptors (Lipinski definition) is 2. The van der Waals surface area contributed by atoms with Gasteiger partial charge in [0.1, 0.15) is 0 Å². The van der Waals surface area contributed by atoms with Gasteiger partial charge in [-0.15, -0.1) is 0 Å². The van der Waals surface area contributed by atoms with Crippen molar-refractivity contribution in [2.75, 3.05) is 13.1 Å². The number of hydrogen-bond donors (Lipinski definition) is 1. The Hall–Kier alpha value is -0.570. The van der Waals surface area contributed by atoms with Crippen molar-refractivity contribution in [1.82, 2.24) is 4.90 Å². The van der Waals surface area contributed by atoms with Crippen molar-refractivity contribution in [2.45, 2.75) is 70.3 Å². The summed E-state index contributed by atoms with van der Waals surface area (Å²) in [5.41, 5.74) is 0. The van der Waals surface area contributed by atoms with Gasteiger partial charge >= 0.3 is 5.97 Å². The quantitative estimate of drug-likeness (QED) is 0.836. The van der Waals surface area contributed by atoms with E-state index in [9.17, 15) is 9.90 Å². The maximum atomic E-state index is 11.2. The summed E-state index contributed by atoms with van der Waals surface area (Å²) in [5, 5.41) is 9.19. The Morgan fingerprint density at radius 2 is 1.56 bits per heavy atom. The number of rotatable bonds is 4. The lowest BCUT2D eigenvalue weighted by molar-refractivity contribution is -0.139. The van der Waals surface area contributed by atoms with Crippen molar-refractivity contribution in [1.29, 1.82) is 0 Å². The molecule has 1 heterocycles. The van der Waals surface area contributed by atoms with Gasteiger partial charge in [0.15, 0.2) is 0 Å². The number of nitrogens with zero attached hydrogens (tertiary/aromatic N) is 1. The van der Waals surface area contributed by atoms with Crippen molar-refractivity contribution in [2.24, 2.45) is 5.92 Å². The zero-order valence-corrected chi connectivity index (χ0v) is 11.4. The Morgan fingerprint density at radius 3 is 2.11 bits per heavy atom. The Morgan fingerprint density at radius 1 is 1.00 bits per heavy atom. The predicted octanol–water partition coefficient (Wildman–Crippen LogP) is 3.29. The molecule has 1 aliphatic carbocycles. The molecule has 0 aromatic rings. The van der Waals surface area contributed by atoms with Gasteiger partial charge < -0.3 is 5.11 Å². The molecule has 18 heavy (non-hydrogen) atoms. The third-order valence-electron chi connectivity index (χ3n) is 4.69. The van der Waals surface area contributed by atoms with Crippen LogP contribution in [0.4, 0.5) is 0 Å². The first-order chi connectivity index (χ1) is 8.77. The number of likely N-dealkylation sites (tertiary alicyclic amines) is 1. The fourth-order valence-electron chi connectivity index (χ4n) is 3.72. The van der Waals surface area contributed by atoms with Gasteiger partial charge in [-0.2, -0.15) is 0 Å². The van der Waals surface area contributed by atoms with Crippen LogP contribution in [0.5, 0.6) is 0 Å². The van der Waals surface area contributed by atoms with E-state index in [1.54, 1.807) is 0 Å². The average molecular weight is 253 g/mol. The summed E-state index contributed by atoms with van der Waals surface area (Å²) in [5.74, 6) is 0.0165. The molecule has 1 aliphatic heterocycles. The summed E-state index contributed by atoms with van der Waals surface area (Å²) in [7, 11) is 0. The van der Waals surface area contributed by atoms with Crippen LogP contribution in [0.1, 0.15) is 64.2 Å². The van der Waals surface area contributed by atoms with Crippen LogP contribution in [0.25, 0.3) is 0 Å². The van der Waals surface area contributed by atoms with E-state index >= 15 is 0 Å². The second-order valence-electron chi connectivity index (χ2n) is 6.01. The van der Waals surface area contributed by atoms with E-state index in [1.807, 2.05) is 0 Å². The first-order valence-electron chi connectivity index (χ1n) is 7.73. The molecule has 0 aromatic heterocycles. The maximum absolute atomic E-state index is 11.2. The molecule has 0 bridgehead atoms. The number of carbonyl (C=O) groups is 1. The van der Waals surface area contributed by atoms with Crippen LogP contribution in [0, 0.1) is 5.92 Å². The molecule has 104 valence electrons. The summed E-state index contributed by atoms with van der Waals surface area (Å²) in [4.78, 5) is 13.7. The highest BCUT2D eigenvalue weighted by atomic mass is 16.4. The molecule has 0 amide bonds. The molecule has 1 unspecified atom stereocenters. The van der Waals surface area contributed by atoms with Crippen molar-refractivity contribution in [3.8, 4) is 0 Å². The highest BCUT2D eigenvalue weighted by molar-refractivity contribution is 5.67. The molecule has 0 aromatic carbocycles. The van der Waals surface area contributed by atoms with E-state index in [-0.39, 0.29) is 0 Å². The van der Waals surface area contributed by atoms with Crippen molar-refractivity contribution >= 4 is 5.97 Å². The molecule has 2 aliphatic rings. The minimum atomic E-state index is -0.616. The molecule has 1 saturated carbocycles. The second kappa shape index (κ2) is 7.13. The van der Waals surface area contributed by atoms with Crippen LogP contribution >= 0.6 is 0 Å². The average Bonchev–Trinajstić information content (AvgIpc) is 2.65. The predicted molar refractivity (Wildman–Crippen MR) is 72.7 cm³/mol. The third kappa shape index (κ3) is 3.98. The summed E-state index contributed by atoms with van der Waals surface area (Å²) in [6, 6.07) is 0.306. The largest absolute Gasteiger partial charge is 0.481 e. The van der Waals surface area contributed by atoms with Gasteiger partial charge in [0.2, 0.25) is 0 Å². The molecule has 3 heteroatoms. The van der Waals surface area contributed by atoms with Gasteiger partial charge in [-0.25, -0.2) is 0 Å². The van der Waals surface area contributed by atoms with E-state index in [0.29, 0.717) is 18.4 Å². The van der Waals surface area contributed by atoms with E-state index < -0.39 is 5.97 Å². The molecule has 2 fully saturated rings. The SMILES string of the molecule is O=C(O)CC(C1CCCCC1)N1CCCCCC1. The number of aliphatic carboxylic acids is 1. The highest BCUT2D eigenvalue weighted by Gasteiger charge is 2.30. The zero-order chi connectivity index (χ0) is 12.8. The summed E-state index contributed by atoms with van der Waals surface area (Å²) < 4.78 is 0. The Kier molecular flexibility index (Phi) is 5.48. The summed E-state index contributed by atoms with van der Waals surface area (Å²) >= 11 is 0. The minimum absolute atomic E-state index is 0.306. The Labute approximate surface area is 111 Å². The standard InChI is InChI=1S/C15H27NO2/c17-15(18)12-14(13-8-4-3-5-9-13)16-10-6-1-2-7-11-16/h13-14H,1-12H2,(H,17,18). The maximum Gasteiger partial charge on any atom is 0.304 e. The van der Waals surface area contributed by atoms with Crippen LogP contribution in [0.15, 0.2) is 0 Å². The van der Waals surface area contributed by atoms with Gasteiger partial charge in [-0.1, -0.05) is 32.1 Å². The smallest absolute Gasteiger partial charge is 0.304 e. The molecule has 1 N–H and O–H groups in total. The second-order valence-corrected chi connectivity index (χ2v) is 6.01. The Bertz CT molecular complexity index is 253. The normalized spacial score (nSPS) is 25.6. The van der Waals surface area contributed by atoms with E-state index in [1.165, 1.54) is 57.8 Å². The van der Waals surface area contributed by atoms with Crippen LogP contribution in [0.2, 0.25) is 0 Å². The fourth-order valence-corrected chi connectivity index (χ4v) is 3.72. The zero-order valence-electron chi connectivity index (χ0n) is 11.4. The molecule has 0 radical (unpaired) electrons. The third-order valence-corrected chi connectivity index (χ3v) is 4.69. The van der Waals surface area contributed by atoms with Gasteiger partial charge in [0.25, 0.3) is 0 Å². The first kappa shape index (κ1) is 13.9. The van der Waals surface area contributed by atoms with Crippen molar-refractivity contribution in [3.63, 3.8) is 0 Å². The van der Waals surface area contributed by atoms with E-state index in [2.05, 4.69) is 4.90 Å². The molecule has 3 nitrogen and oxygen atoms in total. The molecular formula is C15H27NO2. The van der Waals surface area contributed by atoms with Crippen LogP contribution < -0.4 is 0 Å². The van der Waals surface area contributed by atoms with Crippen LogP contribution in [-0.2, 0) is 4.79 Å². The number of carboxylic acid groups (broad SMARTS) is 1. The molecular weight excluding hydrogens is 226 g/mol. The Balaban J connectivity index is 1.99. The van der Waals surface area contributed by atoms with Gasteiger partial charge in [0.05, 0.1) is 6.42 Å². The van der Waals surface area contributed by atoms with Crippen LogP contribution in [0.3, 0.4) is 0 Å². The highest BCUT2D eigenvalue weighted by Crippen LogP contribution is 2.31. The van der Waals surface area contributed by atoms with Crippen LogP contribution in [-0.4, -0.2) is 35.1 Å². The van der Waals surface area contributed by atoms with Gasteiger partial charge in [0, 0.05) is 6.04 Å². The minimum Gasteiger partial charge on any atom is -0.481 e. The topological polar surface area (TPSA) is 40.5 Å². The van der Waals surface area contributed by atoms with E-state index in [4.69, 9.17) is 0 Å². The molecule has 1 atom stereocenters. The lowest BCUT2D eigenvalue weighted by Crippen LogP contribution is -2.43. The summed E-state index contributed by atoms with van der Waals surface area (Å²) in [6.07, 6.45) is 11.9. The first-order valence-corrected chi connectivity index (χ1v) is 7.73. The fraction of sp³-hybridized carbons (Fsp3) is 0.933. The summed E-state index contributed by atoms with van der Waals surface area (Å²) in [6.45, 7) is 2.24. The molecule has 2 rings (SSSR count). The molecule has 1 saturated heterocycles. The molecule has 0 spiro atoms. The lowest BCUT2D eigenvalue weighted by atomic mass is 9.82. The van der Waals surface area contributed by atoms with E-state index in [0.717, 1.165) is 13.1 Å².